The molecular weight excluding hydrogens is 190 g/mol. The molecule has 0 amide bonds. The summed E-state index contributed by atoms with van der Waals surface area (Å²) in [6.45, 7) is 0. The Labute approximate surface area is 81.1 Å². The molecule has 0 radical (unpaired) electrons. The minimum absolute atomic E-state index is 0.169. The number of rotatable bonds is 2. The molecular formula is C8H10ClN3O. The number of hydrogen-bond donors (Lipinski definition) is 1. The van der Waals surface area contributed by atoms with E-state index in [0.717, 1.165) is 12.8 Å². The third-order valence-corrected chi connectivity index (χ3v) is 2.30. The highest BCUT2D eigenvalue weighted by molar-refractivity contribution is 6.31. The molecule has 0 aliphatic heterocycles. The van der Waals surface area contributed by atoms with Crippen LogP contribution in [-0.2, 0) is 0 Å². The molecule has 1 fully saturated rings. The molecule has 2 N–H and O–H groups in total. The molecule has 0 spiro atoms. The van der Waals surface area contributed by atoms with E-state index < -0.39 is 0 Å². The molecule has 0 atom stereocenters. The van der Waals surface area contributed by atoms with Crippen molar-refractivity contribution in [2.24, 2.45) is 5.73 Å². The van der Waals surface area contributed by atoms with Crippen molar-refractivity contribution in [3.8, 4) is 5.88 Å². The average molecular weight is 200 g/mol. The molecule has 5 heteroatoms. The zero-order valence-corrected chi connectivity index (χ0v) is 7.74. The first kappa shape index (κ1) is 8.72. The van der Waals surface area contributed by atoms with Gasteiger partial charge in [-0.3, -0.25) is 0 Å². The number of hydrogen-bond acceptors (Lipinski definition) is 4. The maximum Gasteiger partial charge on any atom is 0.235 e. The van der Waals surface area contributed by atoms with Crippen LogP contribution < -0.4 is 10.5 Å². The number of aromatic nitrogens is 2. The molecule has 0 bridgehead atoms. The summed E-state index contributed by atoms with van der Waals surface area (Å²) >= 11 is 5.80. The predicted octanol–water partition coefficient (Wildman–Crippen LogP) is 0.998. The van der Waals surface area contributed by atoms with Crippen molar-refractivity contribution in [1.82, 2.24) is 9.97 Å². The van der Waals surface area contributed by atoms with Crippen molar-refractivity contribution in [1.29, 1.82) is 0 Å². The third-order valence-electron chi connectivity index (χ3n) is 2.04. The molecule has 1 aromatic heterocycles. The van der Waals surface area contributed by atoms with E-state index in [2.05, 4.69) is 9.97 Å². The van der Waals surface area contributed by atoms with Gasteiger partial charge in [0.15, 0.2) is 0 Å². The number of nitrogens with zero attached hydrogens (tertiary/aromatic N) is 2. The Hall–Kier alpha value is -0.870. The lowest BCUT2D eigenvalue weighted by Gasteiger charge is -2.32. The molecule has 1 aromatic rings. The van der Waals surface area contributed by atoms with Crippen LogP contribution in [0.5, 0.6) is 5.88 Å². The van der Waals surface area contributed by atoms with Crippen molar-refractivity contribution < 1.29 is 4.74 Å². The van der Waals surface area contributed by atoms with Crippen LogP contribution in [-0.4, -0.2) is 22.1 Å². The highest BCUT2D eigenvalue weighted by atomic mass is 35.5. The molecule has 13 heavy (non-hydrogen) atoms. The third kappa shape index (κ3) is 1.89. The number of ether oxygens (including phenoxy) is 1. The van der Waals surface area contributed by atoms with Crippen LogP contribution in [0.2, 0.25) is 5.02 Å². The minimum atomic E-state index is 0.169. The highest BCUT2D eigenvalue weighted by Gasteiger charge is 2.28. The maximum absolute atomic E-state index is 5.80. The van der Waals surface area contributed by atoms with E-state index >= 15 is 0 Å². The molecule has 70 valence electrons. The Morgan fingerprint density at radius 3 is 2.92 bits per heavy atom. The Bertz CT molecular complexity index is 301. The van der Waals surface area contributed by atoms with E-state index in [1.54, 1.807) is 0 Å². The average Bonchev–Trinajstić information content (AvgIpc) is 2.06. The standard InChI is InChI=1S/C8H10ClN3O/c9-7-3-11-4-12-8(7)13-6-1-5(10)2-6/h3-6H,1-2,10H2. The summed E-state index contributed by atoms with van der Waals surface area (Å²) in [6.07, 6.45) is 4.85. The summed E-state index contributed by atoms with van der Waals surface area (Å²) in [6, 6.07) is 0.269. The monoisotopic (exact) mass is 199 g/mol. The van der Waals surface area contributed by atoms with Gasteiger partial charge >= 0.3 is 0 Å². The van der Waals surface area contributed by atoms with Gasteiger partial charge in [-0.1, -0.05) is 11.6 Å². The van der Waals surface area contributed by atoms with E-state index in [1.165, 1.54) is 12.5 Å². The van der Waals surface area contributed by atoms with Gasteiger partial charge < -0.3 is 10.5 Å². The van der Waals surface area contributed by atoms with Crippen LogP contribution in [0.15, 0.2) is 12.5 Å². The van der Waals surface area contributed by atoms with Crippen molar-refractivity contribution in [2.45, 2.75) is 25.0 Å². The molecule has 0 aromatic carbocycles. The Morgan fingerprint density at radius 1 is 1.54 bits per heavy atom. The molecule has 1 saturated carbocycles. The van der Waals surface area contributed by atoms with Gasteiger partial charge in [-0.2, -0.15) is 0 Å². The summed E-state index contributed by atoms with van der Waals surface area (Å²) < 4.78 is 5.49. The summed E-state index contributed by atoms with van der Waals surface area (Å²) in [5.41, 5.74) is 5.61. The summed E-state index contributed by atoms with van der Waals surface area (Å²) in [7, 11) is 0. The predicted molar refractivity (Wildman–Crippen MR) is 48.7 cm³/mol. The number of nitrogens with two attached hydrogens (primary N) is 1. The van der Waals surface area contributed by atoms with Gasteiger partial charge in [0.1, 0.15) is 17.5 Å². The van der Waals surface area contributed by atoms with Crippen LogP contribution in [0, 0.1) is 0 Å². The summed E-state index contributed by atoms with van der Waals surface area (Å²) in [5.74, 6) is 0.452. The lowest BCUT2D eigenvalue weighted by molar-refractivity contribution is 0.0958. The fourth-order valence-electron chi connectivity index (χ4n) is 1.25. The molecule has 0 unspecified atom stereocenters. The van der Waals surface area contributed by atoms with Crippen molar-refractivity contribution in [2.75, 3.05) is 0 Å². The lowest BCUT2D eigenvalue weighted by atomic mass is 9.90. The first-order valence-electron chi connectivity index (χ1n) is 4.13. The molecule has 1 aliphatic carbocycles. The van der Waals surface area contributed by atoms with E-state index in [1.807, 2.05) is 0 Å². The second-order valence-corrected chi connectivity index (χ2v) is 3.55. The highest BCUT2D eigenvalue weighted by Crippen LogP contribution is 2.27. The van der Waals surface area contributed by atoms with E-state index in [0.29, 0.717) is 10.9 Å². The van der Waals surface area contributed by atoms with Crippen LogP contribution in [0.1, 0.15) is 12.8 Å². The molecule has 2 rings (SSSR count). The van der Waals surface area contributed by atoms with Crippen LogP contribution in [0.4, 0.5) is 0 Å². The lowest BCUT2D eigenvalue weighted by Crippen LogP contribution is -2.43. The largest absolute Gasteiger partial charge is 0.473 e. The van der Waals surface area contributed by atoms with E-state index in [9.17, 15) is 0 Å². The van der Waals surface area contributed by atoms with Gasteiger partial charge in [-0.15, -0.1) is 0 Å². The van der Waals surface area contributed by atoms with Gasteiger partial charge in [-0.05, 0) is 12.8 Å². The number of halogens is 1. The fourth-order valence-corrected chi connectivity index (χ4v) is 1.40. The van der Waals surface area contributed by atoms with Crippen LogP contribution in [0.3, 0.4) is 0 Å². The Kier molecular flexibility index (Phi) is 2.33. The van der Waals surface area contributed by atoms with Crippen LogP contribution >= 0.6 is 11.6 Å². The topological polar surface area (TPSA) is 61.0 Å². The fraction of sp³-hybridized carbons (Fsp3) is 0.500. The first-order chi connectivity index (χ1) is 6.25. The second-order valence-electron chi connectivity index (χ2n) is 3.15. The van der Waals surface area contributed by atoms with Gasteiger partial charge in [0.05, 0.1) is 6.20 Å². The van der Waals surface area contributed by atoms with Gasteiger partial charge in [0.25, 0.3) is 0 Å². The zero-order chi connectivity index (χ0) is 9.26. The molecule has 0 saturated heterocycles. The zero-order valence-electron chi connectivity index (χ0n) is 6.98. The maximum atomic E-state index is 5.80. The van der Waals surface area contributed by atoms with Gasteiger partial charge in [0, 0.05) is 6.04 Å². The molecule has 1 heterocycles. The van der Waals surface area contributed by atoms with Gasteiger partial charge in [-0.25, -0.2) is 9.97 Å². The van der Waals surface area contributed by atoms with Crippen molar-refractivity contribution in [3.05, 3.63) is 17.5 Å². The quantitative estimate of drug-likeness (QED) is 0.772. The van der Waals surface area contributed by atoms with Crippen molar-refractivity contribution in [3.63, 3.8) is 0 Å². The second kappa shape index (κ2) is 3.47. The smallest absolute Gasteiger partial charge is 0.235 e. The van der Waals surface area contributed by atoms with E-state index in [-0.39, 0.29) is 12.1 Å². The molecule has 4 nitrogen and oxygen atoms in total. The SMILES string of the molecule is NC1CC(Oc2ncncc2Cl)C1. The van der Waals surface area contributed by atoms with E-state index in [4.69, 9.17) is 22.1 Å². The normalized spacial score (nSPS) is 26.6. The summed E-state index contributed by atoms with van der Waals surface area (Å²) in [5, 5.41) is 0.447. The van der Waals surface area contributed by atoms with Gasteiger partial charge in [0.2, 0.25) is 5.88 Å². The first-order valence-corrected chi connectivity index (χ1v) is 4.51. The minimum Gasteiger partial charge on any atom is -0.473 e. The Morgan fingerprint density at radius 2 is 2.31 bits per heavy atom. The Balaban J connectivity index is 1.98. The van der Waals surface area contributed by atoms with Crippen molar-refractivity contribution >= 4 is 11.6 Å². The summed E-state index contributed by atoms with van der Waals surface area (Å²) in [4.78, 5) is 7.68. The molecule has 1 aliphatic rings. The van der Waals surface area contributed by atoms with Crippen LogP contribution in [0.25, 0.3) is 0 Å².